The predicted octanol–water partition coefficient (Wildman–Crippen LogP) is 3.88. The molecule has 4 N–H and O–H groups in total. The smallest absolute Gasteiger partial charge is 0.425 e. The van der Waals surface area contributed by atoms with Crippen LogP contribution < -0.4 is 21.1 Å². The first-order chi connectivity index (χ1) is 16.8. The number of carbonyl (C=O) groups excluding carboxylic acids is 3. The number of hydrogen-bond acceptors (Lipinski definition) is 5. The maximum Gasteiger partial charge on any atom is 0.425 e. The molecule has 2 aromatic carbocycles. The number of nitrogens with zero attached hydrogens (tertiary/aromatic N) is 2. The van der Waals surface area contributed by atoms with E-state index in [1.165, 1.54) is 31.2 Å². The second kappa shape index (κ2) is 12.8. The summed E-state index contributed by atoms with van der Waals surface area (Å²) in [6.45, 7) is 2.01. The van der Waals surface area contributed by atoms with E-state index >= 15 is 0 Å². The van der Waals surface area contributed by atoms with E-state index in [0.717, 1.165) is 11.8 Å². The van der Waals surface area contributed by atoms with E-state index in [2.05, 4.69) is 15.6 Å². The standard InChI is InChI=1S/C23H25ClF3N5O4/c1-14(23(25,26)27)36-19-9-7-18(8-10-19)31-21(30-15(2)33)32(22(35)29-12-11-20(28)34)13-16-3-5-17(24)6-4-16/h3-10,14H,11-13H2,1-2H3,(H2,28,34)(H,29,35)(H,30,31,33)/t14-/m1/s1. The van der Waals surface area contributed by atoms with E-state index in [1.54, 1.807) is 24.3 Å². The van der Waals surface area contributed by atoms with E-state index in [4.69, 9.17) is 22.1 Å². The number of ether oxygens (including phenoxy) is 1. The van der Waals surface area contributed by atoms with Crippen molar-refractivity contribution in [2.75, 3.05) is 6.54 Å². The summed E-state index contributed by atoms with van der Waals surface area (Å²) in [5.41, 5.74) is 5.98. The van der Waals surface area contributed by atoms with E-state index in [0.29, 0.717) is 10.6 Å². The van der Waals surface area contributed by atoms with Gasteiger partial charge >= 0.3 is 12.2 Å². The number of hydrogen-bond donors (Lipinski definition) is 3. The second-order valence-electron chi connectivity index (χ2n) is 7.57. The molecular weight excluding hydrogens is 503 g/mol. The molecule has 1 atom stereocenters. The SMILES string of the molecule is CC(=O)N/C(=N\c1ccc(O[C@H](C)C(F)(F)F)cc1)N(Cc1ccc(Cl)cc1)C(=O)NCCC(N)=O. The van der Waals surface area contributed by atoms with Crippen molar-refractivity contribution in [3.05, 3.63) is 59.1 Å². The Morgan fingerprint density at radius 2 is 1.72 bits per heavy atom. The molecule has 13 heteroatoms. The fraction of sp³-hybridized carbons (Fsp3) is 0.304. The molecule has 0 aliphatic heterocycles. The topological polar surface area (TPSA) is 126 Å². The van der Waals surface area contributed by atoms with Crippen molar-refractivity contribution in [3.8, 4) is 5.75 Å². The zero-order valence-electron chi connectivity index (χ0n) is 19.4. The Morgan fingerprint density at radius 1 is 1.11 bits per heavy atom. The number of carbonyl (C=O) groups is 3. The molecule has 2 rings (SSSR count). The van der Waals surface area contributed by atoms with Gasteiger partial charge in [0.15, 0.2) is 6.10 Å². The van der Waals surface area contributed by atoms with Crippen molar-refractivity contribution >= 4 is 41.1 Å². The van der Waals surface area contributed by atoms with Crippen molar-refractivity contribution in [1.29, 1.82) is 0 Å². The predicted molar refractivity (Wildman–Crippen MR) is 128 cm³/mol. The quantitative estimate of drug-likeness (QED) is 0.356. The lowest BCUT2D eigenvalue weighted by Crippen LogP contribution is -2.50. The minimum absolute atomic E-state index is 0.0387. The third kappa shape index (κ3) is 9.45. The maximum atomic E-state index is 13.0. The highest BCUT2D eigenvalue weighted by Gasteiger charge is 2.38. The molecule has 0 aliphatic carbocycles. The number of nitrogens with one attached hydrogen (secondary N) is 2. The number of primary amides is 1. The zero-order chi connectivity index (χ0) is 26.9. The van der Waals surface area contributed by atoms with Gasteiger partial charge in [0, 0.05) is 24.9 Å². The number of guanidine groups is 1. The number of urea groups is 1. The van der Waals surface area contributed by atoms with E-state index in [-0.39, 0.29) is 36.9 Å². The Bertz CT molecular complexity index is 1090. The average molecular weight is 528 g/mol. The van der Waals surface area contributed by atoms with E-state index in [9.17, 15) is 27.6 Å². The summed E-state index contributed by atoms with van der Waals surface area (Å²) in [4.78, 5) is 41.3. The van der Waals surface area contributed by atoms with E-state index < -0.39 is 30.1 Å². The van der Waals surface area contributed by atoms with Gasteiger partial charge in [-0.05, 0) is 48.9 Å². The van der Waals surface area contributed by atoms with Gasteiger partial charge in [-0.3, -0.25) is 19.8 Å². The van der Waals surface area contributed by atoms with Gasteiger partial charge in [-0.1, -0.05) is 23.7 Å². The van der Waals surface area contributed by atoms with E-state index in [1.807, 2.05) is 0 Å². The van der Waals surface area contributed by atoms with Gasteiger partial charge in [0.25, 0.3) is 0 Å². The Morgan fingerprint density at radius 3 is 2.25 bits per heavy atom. The van der Waals surface area contributed by atoms with Crippen LogP contribution >= 0.6 is 11.6 Å². The molecule has 0 saturated heterocycles. The van der Waals surface area contributed by atoms with Crippen LogP contribution in [0.4, 0.5) is 23.7 Å². The number of aliphatic imine (C=N–C) groups is 1. The molecule has 0 saturated carbocycles. The molecule has 0 bridgehead atoms. The highest BCUT2D eigenvalue weighted by molar-refractivity contribution is 6.30. The Kier molecular flexibility index (Phi) is 10.1. The molecule has 0 spiro atoms. The molecule has 0 fully saturated rings. The van der Waals surface area contributed by atoms with Gasteiger partial charge in [0.1, 0.15) is 5.75 Å². The fourth-order valence-electron chi connectivity index (χ4n) is 2.71. The van der Waals surface area contributed by atoms with Crippen LogP contribution in [-0.4, -0.2) is 47.5 Å². The molecule has 0 radical (unpaired) electrons. The van der Waals surface area contributed by atoms with Gasteiger partial charge < -0.3 is 15.8 Å². The summed E-state index contributed by atoms with van der Waals surface area (Å²) < 4.78 is 43.1. The van der Waals surface area contributed by atoms with Crippen LogP contribution in [-0.2, 0) is 16.1 Å². The highest BCUT2D eigenvalue weighted by atomic mass is 35.5. The zero-order valence-corrected chi connectivity index (χ0v) is 20.2. The summed E-state index contributed by atoms with van der Waals surface area (Å²) in [6.07, 6.45) is -6.65. The molecule has 9 nitrogen and oxygen atoms in total. The first-order valence-corrected chi connectivity index (χ1v) is 11.0. The first kappa shape index (κ1) is 28.4. The lowest BCUT2D eigenvalue weighted by Gasteiger charge is -2.25. The van der Waals surface area contributed by atoms with Crippen molar-refractivity contribution < 1.29 is 32.3 Å². The molecule has 36 heavy (non-hydrogen) atoms. The van der Waals surface area contributed by atoms with Crippen molar-refractivity contribution in [1.82, 2.24) is 15.5 Å². The summed E-state index contributed by atoms with van der Waals surface area (Å²) in [7, 11) is 0. The molecule has 4 amide bonds. The van der Waals surface area contributed by atoms with Crippen molar-refractivity contribution in [3.63, 3.8) is 0 Å². The van der Waals surface area contributed by atoms with Gasteiger partial charge in [0.05, 0.1) is 12.2 Å². The fourth-order valence-corrected chi connectivity index (χ4v) is 2.84. The molecule has 0 aromatic heterocycles. The summed E-state index contributed by atoms with van der Waals surface area (Å²) in [6, 6.07) is 11.2. The Labute approximate surface area is 210 Å². The van der Waals surface area contributed by atoms with Gasteiger partial charge in [-0.15, -0.1) is 0 Å². The van der Waals surface area contributed by atoms with Crippen LogP contribution in [0.5, 0.6) is 5.75 Å². The second-order valence-corrected chi connectivity index (χ2v) is 8.01. The lowest BCUT2D eigenvalue weighted by molar-refractivity contribution is -0.189. The number of amides is 4. The molecular formula is C23H25ClF3N5O4. The Hall–Kier alpha value is -3.80. The van der Waals surface area contributed by atoms with Crippen molar-refractivity contribution in [2.45, 2.75) is 39.1 Å². The van der Waals surface area contributed by atoms with Crippen LogP contribution in [0, 0.1) is 0 Å². The Balaban J connectivity index is 2.36. The summed E-state index contributed by atoms with van der Waals surface area (Å²) >= 11 is 5.93. The molecule has 194 valence electrons. The van der Waals surface area contributed by atoms with Crippen LogP contribution in [0.15, 0.2) is 53.5 Å². The largest absolute Gasteiger partial charge is 0.481 e. The average Bonchev–Trinajstić information content (AvgIpc) is 2.78. The minimum Gasteiger partial charge on any atom is -0.481 e. The van der Waals surface area contributed by atoms with Gasteiger partial charge in [0.2, 0.25) is 17.8 Å². The van der Waals surface area contributed by atoms with Crippen LogP contribution in [0.1, 0.15) is 25.8 Å². The van der Waals surface area contributed by atoms with Crippen LogP contribution in [0.25, 0.3) is 0 Å². The summed E-state index contributed by atoms with van der Waals surface area (Å²) in [5.74, 6) is -1.34. The van der Waals surface area contributed by atoms with Gasteiger partial charge in [-0.25, -0.2) is 9.79 Å². The monoisotopic (exact) mass is 527 g/mol. The third-order valence-corrected chi connectivity index (χ3v) is 4.79. The molecule has 2 aromatic rings. The maximum absolute atomic E-state index is 13.0. The lowest BCUT2D eigenvalue weighted by atomic mass is 10.2. The number of nitrogens with two attached hydrogens (primary N) is 1. The molecule has 0 unspecified atom stereocenters. The number of alkyl halides is 3. The minimum atomic E-state index is -4.53. The number of benzene rings is 2. The van der Waals surface area contributed by atoms with Crippen LogP contribution in [0.3, 0.4) is 0 Å². The van der Waals surface area contributed by atoms with Crippen molar-refractivity contribution in [2.24, 2.45) is 10.7 Å². The normalized spacial score (nSPS) is 12.4. The molecule has 0 aliphatic rings. The first-order valence-electron chi connectivity index (χ1n) is 10.6. The summed E-state index contributed by atoms with van der Waals surface area (Å²) in [5, 5.41) is 5.50. The third-order valence-electron chi connectivity index (χ3n) is 4.54. The van der Waals surface area contributed by atoms with Crippen LogP contribution in [0.2, 0.25) is 5.02 Å². The number of halogens is 4. The highest BCUT2D eigenvalue weighted by Crippen LogP contribution is 2.26. The molecule has 0 heterocycles. The number of rotatable bonds is 8. The van der Waals surface area contributed by atoms with Gasteiger partial charge in [-0.2, -0.15) is 13.2 Å².